The molecule has 0 unspecified atom stereocenters. The van der Waals surface area contributed by atoms with E-state index in [1.807, 2.05) is 19.1 Å². The fraction of sp³-hybridized carbons (Fsp3) is 0.333. The molecule has 1 saturated carbocycles. The van der Waals surface area contributed by atoms with Gasteiger partial charge in [0.2, 0.25) is 0 Å². The number of hydrogen-bond donors (Lipinski definition) is 1. The van der Waals surface area contributed by atoms with Crippen LogP contribution >= 0.6 is 11.6 Å². The summed E-state index contributed by atoms with van der Waals surface area (Å²) in [6.07, 6.45) is 4.52. The fourth-order valence-corrected chi connectivity index (χ4v) is 2.62. The van der Waals surface area contributed by atoms with E-state index in [4.69, 9.17) is 16.0 Å². The van der Waals surface area contributed by atoms with Crippen molar-refractivity contribution in [3.8, 4) is 11.3 Å². The lowest BCUT2D eigenvalue weighted by atomic mass is 9.93. The highest BCUT2D eigenvalue weighted by Gasteiger charge is 2.25. The molecule has 0 radical (unpaired) electrons. The first kappa shape index (κ1) is 13.2. The Labute approximate surface area is 122 Å². The van der Waals surface area contributed by atoms with Crippen molar-refractivity contribution in [3.05, 3.63) is 40.9 Å². The minimum Gasteiger partial charge on any atom is -0.443 e. The average molecular weight is 291 g/mol. The Morgan fingerprint density at radius 2 is 2.25 bits per heavy atom. The molecule has 1 N–H and O–H groups in total. The quantitative estimate of drug-likeness (QED) is 0.940. The molecule has 1 aromatic carbocycles. The molecule has 1 aliphatic carbocycles. The number of halogens is 1. The van der Waals surface area contributed by atoms with E-state index in [9.17, 15) is 4.79 Å². The fourth-order valence-electron chi connectivity index (χ4n) is 2.31. The molecule has 0 atom stereocenters. The average Bonchev–Trinajstić information content (AvgIpc) is 2.82. The number of nitrogens with zero attached hydrogens (tertiary/aromatic N) is 1. The first-order valence-electron chi connectivity index (χ1n) is 6.66. The number of carbonyl (C=O) groups excluding carboxylic acids is 1. The maximum absolute atomic E-state index is 12.2. The van der Waals surface area contributed by atoms with Crippen molar-refractivity contribution in [3.63, 3.8) is 0 Å². The van der Waals surface area contributed by atoms with E-state index in [0.29, 0.717) is 16.5 Å². The van der Waals surface area contributed by atoms with Crippen molar-refractivity contribution >= 4 is 17.5 Å². The molecule has 0 spiro atoms. The van der Waals surface area contributed by atoms with Crippen LogP contribution in [0.4, 0.5) is 0 Å². The van der Waals surface area contributed by atoms with Crippen LogP contribution in [0.5, 0.6) is 0 Å². The standard InChI is InChI=1S/C15H15ClN2O2/c1-9-4-2-7-11(16)12(9)14-13(17-8-20-14)15(19)18-10-5-3-6-10/h2,4,7-8,10H,3,5-6H2,1H3,(H,18,19). The summed E-state index contributed by atoms with van der Waals surface area (Å²) in [5.41, 5.74) is 1.98. The number of amides is 1. The smallest absolute Gasteiger partial charge is 0.274 e. The van der Waals surface area contributed by atoms with Gasteiger partial charge in [-0.2, -0.15) is 0 Å². The van der Waals surface area contributed by atoms with Crippen LogP contribution in [0.15, 0.2) is 29.0 Å². The number of nitrogens with one attached hydrogen (secondary N) is 1. The molecule has 1 aliphatic rings. The van der Waals surface area contributed by atoms with E-state index < -0.39 is 0 Å². The third-order valence-corrected chi connectivity index (χ3v) is 3.99. The van der Waals surface area contributed by atoms with Crippen LogP contribution in [-0.4, -0.2) is 16.9 Å². The first-order valence-corrected chi connectivity index (χ1v) is 7.04. The lowest BCUT2D eigenvalue weighted by Gasteiger charge is -2.26. The van der Waals surface area contributed by atoms with Gasteiger partial charge in [0.05, 0.1) is 5.02 Å². The van der Waals surface area contributed by atoms with Crippen LogP contribution in [0, 0.1) is 6.92 Å². The summed E-state index contributed by atoms with van der Waals surface area (Å²) in [5, 5.41) is 3.52. The molecule has 104 valence electrons. The molecule has 0 aliphatic heterocycles. The van der Waals surface area contributed by atoms with Gasteiger partial charge in [-0.1, -0.05) is 23.7 Å². The molecule has 4 nitrogen and oxygen atoms in total. The highest BCUT2D eigenvalue weighted by Crippen LogP contribution is 2.33. The lowest BCUT2D eigenvalue weighted by Crippen LogP contribution is -2.39. The Balaban J connectivity index is 1.95. The summed E-state index contributed by atoms with van der Waals surface area (Å²) in [6, 6.07) is 5.84. The van der Waals surface area contributed by atoms with Crippen molar-refractivity contribution in [1.29, 1.82) is 0 Å². The van der Waals surface area contributed by atoms with Crippen molar-refractivity contribution in [2.24, 2.45) is 0 Å². The van der Waals surface area contributed by atoms with Gasteiger partial charge in [0, 0.05) is 11.6 Å². The number of aryl methyl sites for hydroxylation is 1. The molecular weight excluding hydrogens is 276 g/mol. The van der Waals surface area contributed by atoms with E-state index >= 15 is 0 Å². The zero-order valence-corrected chi connectivity index (χ0v) is 11.9. The predicted molar refractivity (Wildman–Crippen MR) is 76.8 cm³/mol. The monoisotopic (exact) mass is 290 g/mol. The second-order valence-corrected chi connectivity index (χ2v) is 5.47. The van der Waals surface area contributed by atoms with Gasteiger partial charge in [-0.05, 0) is 37.8 Å². The largest absolute Gasteiger partial charge is 0.443 e. The Kier molecular flexibility index (Phi) is 3.49. The van der Waals surface area contributed by atoms with Crippen LogP contribution in [0.25, 0.3) is 11.3 Å². The van der Waals surface area contributed by atoms with Gasteiger partial charge in [-0.25, -0.2) is 4.98 Å². The molecule has 1 amide bonds. The summed E-state index contributed by atoms with van der Waals surface area (Å²) in [7, 11) is 0. The maximum Gasteiger partial charge on any atom is 0.274 e. The number of aromatic nitrogens is 1. The van der Waals surface area contributed by atoms with Gasteiger partial charge < -0.3 is 9.73 Å². The molecule has 1 fully saturated rings. The number of oxazole rings is 1. The minimum absolute atomic E-state index is 0.197. The van der Waals surface area contributed by atoms with Crippen LogP contribution in [0.2, 0.25) is 5.02 Å². The number of hydrogen-bond acceptors (Lipinski definition) is 3. The van der Waals surface area contributed by atoms with E-state index in [0.717, 1.165) is 24.0 Å². The highest BCUT2D eigenvalue weighted by atomic mass is 35.5. The van der Waals surface area contributed by atoms with Gasteiger partial charge in [-0.15, -0.1) is 0 Å². The maximum atomic E-state index is 12.2. The number of carbonyl (C=O) groups is 1. The molecule has 20 heavy (non-hydrogen) atoms. The van der Waals surface area contributed by atoms with Gasteiger partial charge in [0.25, 0.3) is 5.91 Å². The van der Waals surface area contributed by atoms with E-state index in [1.165, 1.54) is 12.8 Å². The van der Waals surface area contributed by atoms with Gasteiger partial charge in [-0.3, -0.25) is 4.79 Å². The Hall–Kier alpha value is -1.81. The summed E-state index contributed by atoms with van der Waals surface area (Å²) < 4.78 is 5.41. The van der Waals surface area contributed by atoms with Gasteiger partial charge >= 0.3 is 0 Å². The minimum atomic E-state index is -0.197. The molecule has 1 aromatic heterocycles. The van der Waals surface area contributed by atoms with Crippen molar-refractivity contribution < 1.29 is 9.21 Å². The van der Waals surface area contributed by atoms with Crippen molar-refractivity contribution in [2.45, 2.75) is 32.2 Å². The Bertz CT molecular complexity index is 627. The van der Waals surface area contributed by atoms with E-state index in [1.54, 1.807) is 6.07 Å². The number of rotatable bonds is 3. The SMILES string of the molecule is Cc1cccc(Cl)c1-c1ocnc1C(=O)NC1CCC1. The molecule has 0 bridgehead atoms. The van der Waals surface area contributed by atoms with Gasteiger partial charge in [0.15, 0.2) is 17.8 Å². The van der Waals surface area contributed by atoms with Crippen LogP contribution in [-0.2, 0) is 0 Å². The molecule has 3 rings (SSSR count). The Morgan fingerprint density at radius 1 is 1.45 bits per heavy atom. The second kappa shape index (κ2) is 5.29. The Morgan fingerprint density at radius 3 is 2.90 bits per heavy atom. The third-order valence-electron chi connectivity index (χ3n) is 3.67. The molecule has 0 saturated heterocycles. The van der Waals surface area contributed by atoms with Crippen LogP contribution in [0.1, 0.15) is 35.3 Å². The van der Waals surface area contributed by atoms with Gasteiger partial charge in [0.1, 0.15) is 0 Å². The second-order valence-electron chi connectivity index (χ2n) is 5.06. The summed E-state index contributed by atoms with van der Waals surface area (Å²) in [4.78, 5) is 16.3. The predicted octanol–water partition coefficient (Wildman–Crippen LogP) is 3.59. The zero-order valence-electron chi connectivity index (χ0n) is 11.1. The number of benzene rings is 1. The zero-order chi connectivity index (χ0) is 14.1. The molecule has 2 aromatic rings. The summed E-state index contributed by atoms with van der Waals surface area (Å²) >= 11 is 6.22. The topological polar surface area (TPSA) is 55.1 Å². The molecule has 1 heterocycles. The molecular formula is C15H15ClN2O2. The van der Waals surface area contributed by atoms with E-state index in [-0.39, 0.29) is 11.9 Å². The normalized spacial score (nSPS) is 14.9. The summed E-state index contributed by atoms with van der Waals surface area (Å²) in [6.45, 7) is 1.93. The lowest BCUT2D eigenvalue weighted by molar-refractivity contribution is 0.0912. The van der Waals surface area contributed by atoms with Crippen molar-refractivity contribution in [2.75, 3.05) is 0 Å². The van der Waals surface area contributed by atoms with Crippen molar-refractivity contribution in [1.82, 2.24) is 10.3 Å². The van der Waals surface area contributed by atoms with Crippen LogP contribution in [0.3, 0.4) is 0 Å². The molecule has 5 heteroatoms. The third kappa shape index (κ3) is 2.31. The summed E-state index contributed by atoms with van der Waals surface area (Å²) in [5.74, 6) is 0.239. The van der Waals surface area contributed by atoms with E-state index in [2.05, 4.69) is 10.3 Å². The first-order chi connectivity index (χ1) is 9.66. The highest BCUT2D eigenvalue weighted by molar-refractivity contribution is 6.33. The van der Waals surface area contributed by atoms with Crippen LogP contribution < -0.4 is 5.32 Å².